The number of carbonyl (C=O) groups excluding carboxylic acids is 1. The van der Waals surface area contributed by atoms with E-state index < -0.39 is 9.84 Å². The van der Waals surface area contributed by atoms with Crippen LogP contribution in [0.15, 0.2) is 29.2 Å². The fraction of sp³-hybridized carbons (Fsp3) is 0.500. The van der Waals surface area contributed by atoms with E-state index in [4.69, 9.17) is 0 Å². The number of thioether (sulfide) groups is 1. The van der Waals surface area contributed by atoms with Gasteiger partial charge in [0.25, 0.3) is 0 Å². The monoisotopic (exact) mass is 311 g/mol. The molecule has 1 fully saturated rings. The third kappa shape index (κ3) is 2.59. The molecule has 0 unspecified atom stereocenters. The maximum absolute atomic E-state index is 12.5. The van der Waals surface area contributed by atoms with E-state index >= 15 is 0 Å². The molecule has 0 N–H and O–H groups in total. The quantitative estimate of drug-likeness (QED) is 0.827. The highest BCUT2D eigenvalue weighted by Gasteiger charge is 2.37. The number of hydrogen-bond acceptors (Lipinski definition) is 4. The van der Waals surface area contributed by atoms with Crippen molar-refractivity contribution in [2.45, 2.75) is 29.0 Å². The van der Waals surface area contributed by atoms with Crippen LogP contribution in [0.2, 0.25) is 0 Å². The Morgan fingerprint density at radius 1 is 1.35 bits per heavy atom. The van der Waals surface area contributed by atoms with Crippen molar-refractivity contribution in [3.05, 3.63) is 29.8 Å². The Hall–Kier alpha value is -1.01. The zero-order valence-corrected chi connectivity index (χ0v) is 12.9. The van der Waals surface area contributed by atoms with E-state index in [1.165, 1.54) is 10.5 Å². The lowest BCUT2D eigenvalue weighted by atomic mass is 10.1. The van der Waals surface area contributed by atoms with Gasteiger partial charge in [-0.1, -0.05) is 18.2 Å². The topological polar surface area (TPSA) is 54.5 Å². The second-order valence-corrected chi connectivity index (χ2v) is 8.90. The van der Waals surface area contributed by atoms with E-state index in [9.17, 15) is 13.2 Å². The van der Waals surface area contributed by atoms with Crippen molar-refractivity contribution < 1.29 is 13.2 Å². The molecule has 0 aliphatic carbocycles. The highest BCUT2D eigenvalue weighted by molar-refractivity contribution is 8.01. The molecular weight excluding hydrogens is 294 g/mol. The molecule has 1 aromatic rings. The molecule has 0 bridgehead atoms. The summed E-state index contributed by atoms with van der Waals surface area (Å²) in [6.07, 6.45) is 1.30. The normalized spacial score (nSPS) is 27.2. The molecule has 2 aliphatic rings. The highest BCUT2D eigenvalue weighted by atomic mass is 32.2. The third-order valence-corrected chi connectivity index (χ3v) is 7.08. The van der Waals surface area contributed by atoms with Gasteiger partial charge in [-0.05, 0) is 24.5 Å². The van der Waals surface area contributed by atoms with Gasteiger partial charge >= 0.3 is 0 Å². The minimum atomic E-state index is -2.95. The molecule has 108 valence electrons. The Bertz CT molecular complexity index is 617. The van der Waals surface area contributed by atoms with E-state index in [0.717, 1.165) is 6.42 Å². The van der Waals surface area contributed by atoms with Crippen LogP contribution in [0.1, 0.15) is 12.0 Å². The van der Waals surface area contributed by atoms with Crippen molar-refractivity contribution in [1.82, 2.24) is 4.90 Å². The zero-order chi connectivity index (χ0) is 14.3. The Morgan fingerprint density at radius 3 is 2.75 bits per heavy atom. The fourth-order valence-electron chi connectivity index (χ4n) is 2.81. The number of rotatable bonds is 2. The summed E-state index contributed by atoms with van der Waals surface area (Å²) >= 11 is 1.59. The summed E-state index contributed by atoms with van der Waals surface area (Å²) < 4.78 is 23.0. The van der Waals surface area contributed by atoms with E-state index in [2.05, 4.69) is 6.07 Å². The van der Waals surface area contributed by atoms with Gasteiger partial charge in [-0.3, -0.25) is 4.79 Å². The second-order valence-electron chi connectivity index (χ2n) is 5.42. The molecule has 0 aromatic heterocycles. The summed E-state index contributed by atoms with van der Waals surface area (Å²) in [5.74, 6) is 0.362. The van der Waals surface area contributed by atoms with Crippen molar-refractivity contribution in [3.8, 4) is 0 Å². The lowest BCUT2D eigenvalue weighted by molar-refractivity contribution is -0.130. The van der Waals surface area contributed by atoms with Crippen LogP contribution in [0.5, 0.6) is 0 Å². The molecule has 0 saturated carbocycles. The van der Waals surface area contributed by atoms with Crippen LogP contribution in [0, 0.1) is 0 Å². The first-order valence-corrected chi connectivity index (χ1v) is 9.38. The summed E-state index contributed by atoms with van der Waals surface area (Å²) in [7, 11) is -1.22. The molecule has 4 nitrogen and oxygen atoms in total. The van der Waals surface area contributed by atoms with Crippen molar-refractivity contribution in [1.29, 1.82) is 0 Å². The van der Waals surface area contributed by atoms with E-state index in [1.807, 2.05) is 18.2 Å². The molecule has 20 heavy (non-hydrogen) atoms. The highest BCUT2D eigenvalue weighted by Crippen LogP contribution is 2.37. The molecular formula is C14H17NO3S2. The van der Waals surface area contributed by atoms with Crippen molar-refractivity contribution in [2.24, 2.45) is 0 Å². The van der Waals surface area contributed by atoms with Crippen LogP contribution in [0.25, 0.3) is 0 Å². The second kappa shape index (κ2) is 5.07. The van der Waals surface area contributed by atoms with Gasteiger partial charge in [0.05, 0.1) is 16.8 Å². The molecule has 1 aromatic carbocycles. The molecule has 6 heteroatoms. The summed E-state index contributed by atoms with van der Waals surface area (Å²) in [6, 6.07) is 7.89. The summed E-state index contributed by atoms with van der Waals surface area (Å²) in [5.41, 5.74) is 1.21. The number of fused-ring (bicyclic) bond motifs is 1. The Kier molecular flexibility index (Phi) is 3.54. The Labute approximate surface area is 123 Å². The molecule has 1 amide bonds. The van der Waals surface area contributed by atoms with E-state index in [0.29, 0.717) is 6.42 Å². The van der Waals surface area contributed by atoms with Gasteiger partial charge in [0, 0.05) is 18.0 Å². The molecule has 2 heterocycles. The number of hydrogen-bond donors (Lipinski definition) is 0. The van der Waals surface area contributed by atoms with E-state index in [-0.39, 0.29) is 28.7 Å². The first-order valence-electron chi connectivity index (χ1n) is 6.68. The first-order chi connectivity index (χ1) is 9.46. The summed E-state index contributed by atoms with van der Waals surface area (Å²) in [4.78, 5) is 15.3. The maximum Gasteiger partial charge on any atom is 0.236 e. The summed E-state index contributed by atoms with van der Waals surface area (Å²) in [5, 5.41) is -0.110. The minimum Gasteiger partial charge on any atom is -0.341 e. The number of amides is 1. The van der Waals surface area contributed by atoms with Crippen LogP contribution in [0.3, 0.4) is 0 Å². The predicted molar refractivity (Wildman–Crippen MR) is 79.6 cm³/mol. The lowest BCUT2D eigenvalue weighted by Gasteiger charge is -2.25. The Balaban J connectivity index is 1.69. The van der Waals surface area contributed by atoms with Crippen LogP contribution in [-0.2, 0) is 21.1 Å². The van der Waals surface area contributed by atoms with Gasteiger partial charge < -0.3 is 4.90 Å². The van der Waals surface area contributed by atoms with Gasteiger partial charge in [-0.15, -0.1) is 11.8 Å². The summed E-state index contributed by atoms with van der Waals surface area (Å²) in [6.45, 7) is 0. The molecule has 3 rings (SSSR count). The van der Waals surface area contributed by atoms with Crippen molar-refractivity contribution in [3.63, 3.8) is 0 Å². The lowest BCUT2D eigenvalue weighted by Crippen LogP contribution is -2.42. The third-order valence-electron chi connectivity index (χ3n) is 4.03. The van der Waals surface area contributed by atoms with Crippen molar-refractivity contribution in [2.75, 3.05) is 18.6 Å². The average molecular weight is 311 g/mol. The van der Waals surface area contributed by atoms with E-state index in [1.54, 1.807) is 23.7 Å². The number of benzene rings is 1. The molecule has 1 saturated heterocycles. The fourth-order valence-corrected chi connectivity index (χ4v) is 5.88. The van der Waals surface area contributed by atoms with Crippen LogP contribution in [-0.4, -0.2) is 49.1 Å². The molecule has 2 aliphatic heterocycles. The van der Waals surface area contributed by atoms with Gasteiger partial charge in [0.15, 0.2) is 9.84 Å². The van der Waals surface area contributed by atoms with Crippen LogP contribution >= 0.6 is 11.8 Å². The SMILES string of the molecule is CN(C(=O)[C@@H]1Cc2ccccc2S1)[C@H]1CCS(=O)(=O)C1. The van der Waals surface area contributed by atoms with Gasteiger partial charge in [0.2, 0.25) is 5.91 Å². The van der Waals surface area contributed by atoms with Crippen molar-refractivity contribution >= 4 is 27.5 Å². The predicted octanol–water partition coefficient (Wildman–Crippen LogP) is 1.35. The number of sulfone groups is 1. The van der Waals surface area contributed by atoms with Gasteiger partial charge in [-0.25, -0.2) is 8.42 Å². The van der Waals surface area contributed by atoms with Crippen LogP contribution < -0.4 is 0 Å². The standard InChI is InChI=1S/C14H17NO3S2/c1-15(11-6-7-20(17,18)9-11)14(16)13-8-10-4-2-3-5-12(10)19-13/h2-5,11,13H,6-9H2,1H3/t11-,13-/m0/s1. The first kappa shape index (κ1) is 13.9. The zero-order valence-electron chi connectivity index (χ0n) is 11.3. The van der Waals surface area contributed by atoms with Crippen LogP contribution in [0.4, 0.5) is 0 Å². The number of carbonyl (C=O) groups is 1. The largest absolute Gasteiger partial charge is 0.341 e. The smallest absolute Gasteiger partial charge is 0.236 e. The molecule has 0 radical (unpaired) electrons. The van der Waals surface area contributed by atoms with Gasteiger partial charge in [-0.2, -0.15) is 0 Å². The average Bonchev–Trinajstić information content (AvgIpc) is 3.00. The minimum absolute atomic E-state index is 0.0494. The molecule has 0 spiro atoms. The van der Waals surface area contributed by atoms with Gasteiger partial charge in [0.1, 0.15) is 0 Å². The number of nitrogens with zero attached hydrogens (tertiary/aromatic N) is 1. The molecule has 2 atom stereocenters. The maximum atomic E-state index is 12.5. The Morgan fingerprint density at radius 2 is 2.10 bits per heavy atom.